The standard InChI is InChI=1S/C11H5BrCl2N2O3/c12-9-2-1-3-10(15-9)19-11-7(13)4-6(16(17)18)5-8(11)14/h1-5H. The lowest BCUT2D eigenvalue weighted by atomic mass is 10.3. The molecule has 0 saturated carbocycles. The number of pyridine rings is 1. The van der Waals surface area contributed by atoms with Gasteiger partial charge in [-0.1, -0.05) is 29.3 Å². The number of non-ortho nitro benzene ring substituents is 1. The first-order valence-corrected chi connectivity index (χ1v) is 6.46. The Morgan fingerprint density at radius 2 is 1.89 bits per heavy atom. The van der Waals surface area contributed by atoms with E-state index in [-0.39, 0.29) is 27.4 Å². The molecule has 0 unspecified atom stereocenters. The van der Waals surface area contributed by atoms with Crippen molar-refractivity contribution >= 4 is 44.8 Å². The van der Waals surface area contributed by atoms with E-state index in [1.165, 1.54) is 12.1 Å². The number of benzene rings is 1. The van der Waals surface area contributed by atoms with Gasteiger partial charge in [-0.2, -0.15) is 0 Å². The number of hydrogen-bond acceptors (Lipinski definition) is 4. The van der Waals surface area contributed by atoms with E-state index in [2.05, 4.69) is 20.9 Å². The van der Waals surface area contributed by atoms with Crippen LogP contribution in [0.1, 0.15) is 0 Å². The molecule has 0 spiro atoms. The molecule has 0 aliphatic carbocycles. The zero-order valence-corrected chi connectivity index (χ0v) is 12.2. The minimum Gasteiger partial charge on any atom is -0.436 e. The molecule has 5 nitrogen and oxygen atoms in total. The fraction of sp³-hybridized carbons (Fsp3) is 0. The molecule has 0 atom stereocenters. The minimum absolute atomic E-state index is 0.0426. The van der Waals surface area contributed by atoms with Crippen LogP contribution in [0, 0.1) is 10.1 Å². The molecular formula is C11H5BrCl2N2O3. The van der Waals surface area contributed by atoms with Crippen molar-refractivity contribution in [3.63, 3.8) is 0 Å². The Kier molecular flexibility index (Phi) is 4.24. The summed E-state index contributed by atoms with van der Waals surface area (Å²) in [5.74, 6) is 0.395. The van der Waals surface area contributed by atoms with Gasteiger partial charge < -0.3 is 4.74 Å². The van der Waals surface area contributed by atoms with E-state index >= 15 is 0 Å². The van der Waals surface area contributed by atoms with Gasteiger partial charge in [0.15, 0.2) is 5.75 Å². The molecule has 19 heavy (non-hydrogen) atoms. The van der Waals surface area contributed by atoms with E-state index in [1.807, 2.05) is 0 Å². The van der Waals surface area contributed by atoms with E-state index < -0.39 is 4.92 Å². The third-order valence-corrected chi connectivity index (χ3v) is 3.09. The van der Waals surface area contributed by atoms with Gasteiger partial charge >= 0.3 is 0 Å². The molecule has 0 fully saturated rings. The molecule has 2 aromatic rings. The second kappa shape index (κ2) is 5.73. The van der Waals surface area contributed by atoms with Gasteiger partial charge in [0.1, 0.15) is 4.60 Å². The second-order valence-corrected chi connectivity index (χ2v) is 5.02. The highest BCUT2D eigenvalue weighted by molar-refractivity contribution is 9.10. The van der Waals surface area contributed by atoms with Crippen molar-refractivity contribution in [1.82, 2.24) is 4.98 Å². The first-order chi connectivity index (χ1) is 8.97. The lowest BCUT2D eigenvalue weighted by molar-refractivity contribution is -0.384. The smallest absolute Gasteiger partial charge is 0.272 e. The zero-order chi connectivity index (χ0) is 14.0. The Morgan fingerprint density at radius 1 is 1.26 bits per heavy atom. The van der Waals surface area contributed by atoms with Crippen LogP contribution in [0.15, 0.2) is 34.9 Å². The normalized spacial score (nSPS) is 10.3. The van der Waals surface area contributed by atoms with Crippen molar-refractivity contribution in [3.8, 4) is 11.6 Å². The monoisotopic (exact) mass is 362 g/mol. The van der Waals surface area contributed by atoms with Crippen LogP contribution in [0.5, 0.6) is 11.6 Å². The lowest BCUT2D eigenvalue weighted by Crippen LogP contribution is -1.93. The fourth-order valence-corrected chi connectivity index (χ4v) is 2.18. The van der Waals surface area contributed by atoms with Crippen LogP contribution < -0.4 is 4.74 Å². The largest absolute Gasteiger partial charge is 0.436 e. The highest BCUT2D eigenvalue weighted by Gasteiger charge is 2.16. The molecule has 0 amide bonds. The summed E-state index contributed by atoms with van der Waals surface area (Å²) < 4.78 is 6.01. The number of hydrogen-bond donors (Lipinski definition) is 0. The molecule has 1 aromatic heterocycles. The predicted molar refractivity (Wildman–Crippen MR) is 75.1 cm³/mol. The van der Waals surface area contributed by atoms with Crippen LogP contribution in [-0.4, -0.2) is 9.91 Å². The number of nitro groups is 1. The molecule has 0 aliphatic rings. The maximum Gasteiger partial charge on any atom is 0.272 e. The van der Waals surface area contributed by atoms with E-state index in [1.54, 1.807) is 18.2 Å². The molecule has 0 saturated heterocycles. The van der Waals surface area contributed by atoms with E-state index in [9.17, 15) is 10.1 Å². The summed E-state index contributed by atoms with van der Waals surface area (Å²) in [6, 6.07) is 7.39. The van der Waals surface area contributed by atoms with Gasteiger partial charge in [-0.3, -0.25) is 10.1 Å². The molecule has 0 radical (unpaired) electrons. The summed E-state index contributed by atoms with van der Waals surface area (Å²) in [6.07, 6.45) is 0. The quantitative estimate of drug-likeness (QED) is 0.444. The van der Waals surface area contributed by atoms with Gasteiger partial charge in [0.25, 0.3) is 5.69 Å². The second-order valence-electron chi connectivity index (χ2n) is 3.40. The van der Waals surface area contributed by atoms with E-state index in [0.29, 0.717) is 4.60 Å². The van der Waals surface area contributed by atoms with Crippen molar-refractivity contribution in [1.29, 1.82) is 0 Å². The molecular weight excluding hydrogens is 359 g/mol. The van der Waals surface area contributed by atoms with E-state index in [0.717, 1.165) is 0 Å². The van der Waals surface area contributed by atoms with Crippen LogP contribution in [0.25, 0.3) is 0 Å². The number of nitro benzene ring substituents is 1. The molecule has 2 rings (SSSR count). The van der Waals surface area contributed by atoms with Gasteiger partial charge in [-0.25, -0.2) is 4.98 Å². The Bertz CT molecular complexity index is 629. The summed E-state index contributed by atoms with van der Waals surface area (Å²) in [7, 11) is 0. The Labute approximate surface area is 126 Å². The van der Waals surface area contributed by atoms with Crippen molar-refractivity contribution in [2.45, 2.75) is 0 Å². The third kappa shape index (κ3) is 3.34. The molecule has 0 N–H and O–H groups in total. The van der Waals surface area contributed by atoms with Crippen LogP contribution in [0.2, 0.25) is 10.0 Å². The van der Waals surface area contributed by atoms with Crippen LogP contribution in [0.4, 0.5) is 5.69 Å². The molecule has 0 bridgehead atoms. The highest BCUT2D eigenvalue weighted by Crippen LogP contribution is 2.39. The first-order valence-electron chi connectivity index (χ1n) is 4.91. The van der Waals surface area contributed by atoms with E-state index in [4.69, 9.17) is 27.9 Å². The SMILES string of the molecule is O=[N+]([O-])c1cc(Cl)c(Oc2cccc(Br)n2)c(Cl)c1. The topological polar surface area (TPSA) is 65.3 Å². The maximum atomic E-state index is 10.6. The summed E-state index contributed by atoms with van der Waals surface area (Å²) in [5, 5.41) is 10.7. The van der Waals surface area contributed by atoms with Gasteiger partial charge in [-0.05, 0) is 22.0 Å². The van der Waals surface area contributed by atoms with Gasteiger partial charge in [0, 0.05) is 18.2 Å². The highest BCUT2D eigenvalue weighted by atomic mass is 79.9. The van der Waals surface area contributed by atoms with Gasteiger partial charge in [0.05, 0.1) is 15.0 Å². The third-order valence-electron chi connectivity index (χ3n) is 2.09. The first kappa shape index (κ1) is 14.0. The van der Waals surface area contributed by atoms with Crippen LogP contribution >= 0.6 is 39.1 Å². The Hall–Kier alpha value is -1.37. The number of halogens is 3. The van der Waals surface area contributed by atoms with Crippen molar-refractivity contribution in [2.75, 3.05) is 0 Å². The number of nitrogens with zero attached hydrogens (tertiary/aromatic N) is 2. The van der Waals surface area contributed by atoms with Crippen molar-refractivity contribution in [3.05, 3.63) is 55.1 Å². The summed E-state index contributed by atoms with van der Waals surface area (Å²) in [5.41, 5.74) is -0.204. The summed E-state index contributed by atoms with van der Waals surface area (Å²) >= 11 is 15.0. The Morgan fingerprint density at radius 3 is 2.42 bits per heavy atom. The maximum absolute atomic E-state index is 10.6. The lowest BCUT2D eigenvalue weighted by Gasteiger charge is -2.08. The molecule has 8 heteroatoms. The summed E-state index contributed by atoms with van der Waals surface area (Å²) in [4.78, 5) is 14.1. The number of aromatic nitrogens is 1. The zero-order valence-electron chi connectivity index (χ0n) is 9.14. The molecule has 98 valence electrons. The van der Waals surface area contributed by atoms with Crippen LogP contribution in [-0.2, 0) is 0 Å². The van der Waals surface area contributed by atoms with Crippen molar-refractivity contribution in [2.24, 2.45) is 0 Å². The Balaban J connectivity index is 2.38. The predicted octanol–water partition coefficient (Wildman–Crippen LogP) is 4.85. The molecule has 0 aliphatic heterocycles. The summed E-state index contributed by atoms with van der Waals surface area (Å²) in [6.45, 7) is 0. The minimum atomic E-state index is -0.584. The van der Waals surface area contributed by atoms with Crippen molar-refractivity contribution < 1.29 is 9.66 Å². The average Bonchev–Trinajstić information content (AvgIpc) is 2.33. The van der Waals surface area contributed by atoms with Crippen LogP contribution in [0.3, 0.4) is 0 Å². The number of rotatable bonds is 3. The molecule has 1 aromatic carbocycles. The van der Waals surface area contributed by atoms with Gasteiger partial charge in [-0.15, -0.1) is 0 Å². The fourth-order valence-electron chi connectivity index (χ4n) is 1.30. The number of ether oxygens (including phenoxy) is 1. The molecule has 1 heterocycles. The average molecular weight is 364 g/mol. The van der Waals surface area contributed by atoms with Gasteiger partial charge in [0.2, 0.25) is 5.88 Å².